The van der Waals surface area contributed by atoms with Crippen LogP contribution in [0.5, 0.6) is 0 Å². The molecular weight excluding hydrogens is 380 g/mol. The van der Waals surface area contributed by atoms with Crippen LogP contribution in [0, 0.1) is 13.8 Å². The molecule has 0 aromatic heterocycles. The van der Waals surface area contributed by atoms with Gasteiger partial charge in [0.15, 0.2) is 6.61 Å². The number of carbonyl (C=O) groups is 3. The normalized spacial score (nSPS) is 10.2. The molecule has 148 valence electrons. The number of esters is 1. The van der Waals surface area contributed by atoms with Crippen molar-refractivity contribution in [2.45, 2.75) is 33.1 Å². The topological polar surface area (TPSA) is 84.5 Å². The molecule has 0 aliphatic carbocycles. The van der Waals surface area contributed by atoms with Gasteiger partial charge in [0.25, 0.3) is 5.91 Å². The van der Waals surface area contributed by atoms with E-state index >= 15 is 0 Å². The van der Waals surface area contributed by atoms with Crippen LogP contribution in [0.2, 0.25) is 5.02 Å². The van der Waals surface area contributed by atoms with Gasteiger partial charge in [-0.3, -0.25) is 14.4 Å². The van der Waals surface area contributed by atoms with Gasteiger partial charge in [-0.25, -0.2) is 0 Å². The van der Waals surface area contributed by atoms with E-state index < -0.39 is 11.9 Å². The van der Waals surface area contributed by atoms with Crippen molar-refractivity contribution in [2.24, 2.45) is 0 Å². The van der Waals surface area contributed by atoms with E-state index in [0.717, 1.165) is 16.8 Å². The van der Waals surface area contributed by atoms with Crippen LogP contribution in [0.25, 0.3) is 0 Å². The summed E-state index contributed by atoms with van der Waals surface area (Å²) in [6.07, 6.45) is 0.591. The van der Waals surface area contributed by atoms with Gasteiger partial charge in [0.2, 0.25) is 5.91 Å². The molecule has 6 nitrogen and oxygen atoms in total. The molecule has 0 bridgehead atoms. The molecule has 0 radical (unpaired) electrons. The molecule has 7 heteroatoms. The van der Waals surface area contributed by atoms with Gasteiger partial charge in [-0.05, 0) is 49.6 Å². The van der Waals surface area contributed by atoms with Gasteiger partial charge in [-0.15, -0.1) is 0 Å². The minimum absolute atomic E-state index is 0.0602. The van der Waals surface area contributed by atoms with Crippen LogP contribution in [0.4, 0.5) is 11.4 Å². The molecule has 2 N–H and O–H groups in total. The molecule has 0 fully saturated rings. The second-order valence-corrected chi connectivity index (χ2v) is 6.75. The van der Waals surface area contributed by atoms with E-state index in [2.05, 4.69) is 10.6 Å². The summed E-state index contributed by atoms with van der Waals surface area (Å²) < 4.78 is 4.95. The van der Waals surface area contributed by atoms with Crippen molar-refractivity contribution >= 4 is 40.8 Å². The molecule has 0 atom stereocenters. The maximum atomic E-state index is 11.9. The lowest BCUT2D eigenvalue weighted by Crippen LogP contribution is -2.21. The van der Waals surface area contributed by atoms with Crippen molar-refractivity contribution in [1.82, 2.24) is 0 Å². The van der Waals surface area contributed by atoms with Gasteiger partial charge in [0, 0.05) is 29.2 Å². The number of aryl methyl sites for hydroxylation is 1. The zero-order valence-electron chi connectivity index (χ0n) is 15.9. The van der Waals surface area contributed by atoms with Gasteiger partial charge >= 0.3 is 5.97 Å². The summed E-state index contributed by atoms with van der Waals surface area (Å²) in [5, 5.41) is 5.99. The SMILES string of the molecule is Cc1ccccc1NC(=O)CCCC(=O)OCC(=O)Nc1cccc(Cl)c1C. The fourth-order valence-electron chi connectivity index (χ4n) is 2.47. The van der Waals surface area contributed by atoms with E-state index in [0.29, 0.717) is 17.1 Å². The average Bonchev–Trinajstić information content (AvgIpc) is 2.66. The number of ether oxygens (including phenoxy) is 1. The largest absolute Gasteiger partial charge is 0.456 e. The summed E-state index contributed by atoms with van der Waals surface area (Å²) in [5.41, 5.74) is 3.03. The Morgan fingerprint density at radius 2 is 1.57 bits per heavy atom. The number of hydrogen-bond donors (Lipinski definition) is 2. The second kappa shape index (κ2) is 10.5. The molecule has 28 heavy (non-hydrogen) atoms. The third kappa shape index (κ3) is 6.70. The smallest absolute Gasteiger partial charge is 0.306 e. The number of halogens is 1. The van der Waals surface area contributed by atoms with E-state index in [9.17, 15) is 14.4 Å². The number of amides is 2. The summed E-state index contributed by atoms with van der Waals surface area (Å²) in [5.74, 6) is -1.14. The Hall–Kier alpha value is -2.86. The molecule has 0 aliphatic heterocycles. The first kappa shape index (κ1) is 21.4. The quantitative estimate of drug-likeness (QED) is 0.646. The fourth-order valence-corrected chi connectivity index (χ4v) is 2.64. The Balaban J connectivity index is 1.67. The Morgan fingerprint density at radius 1 is 0.893 bits per heavy atom. The molecule has 0 aliphatic rings. The predicted octanol–water partition coefficient (Wildman–Crippen LogP) is 4.25. The lowest BCUT2D eigenvalue weighted by molar-refractivity contribution is -0.147. The number of anilines is 2. The number of para-hydroxylation sites is 1. The summed E-state index contributed by atoms with van der Waals surface area (Å²) in [4.78, 5) is 35.6. The summed E-state index contributed by atoms with van der Waals surface area (Å²) >= 11 is 6.00. The van der Waals surface area contributed by atoms with Gasteiger partial charge < -0.3 is 15.4 Å². The van der Waals surface area contributed by atoms with Crippen molar-refractivity contribution in [3.63, 3.8) is 0 Å². The third-order valence-corrected chi connectivity index (χ3v) is 4.52. The van der Waals surface area contributed by atoms with Gasteiger partial charge in [0.05, 0.1) is 0 Å². The second-order valence-electron chi connectivity index (χ2n) is 6.34. The van der Waals surface area contributed by atoms with E-state index in [1.165, 1.54) is 0 Å². The zero-order valence-corrected chi connectivity index (χ0v) is 16.6. The van der Waals surface area contributed by atoms with Crippen LogP contribution in [0.15, 0.2) is 42.5 Å². The van der Waals surface area contributed by atoms with Gasteiger partial charge in [0.1, 0.15) is 0 Å². The van der Waals surface area contributed by atoms with Gasteiger partial charge in [-0.1, -0.05) is 35.9 Å². The Morgan fingerprint density at radius 3 is 2.32 bits per heavy atom. The standard InChI is InChI=1S/C21H23ClN2O4/c1-14-7-3-4-9-17(14)23-19(25)11-6-12-21(27)28-13-20(26)24-18-10-5-8-16(22)15(18)2/h3-5,7-10H,6,11-13H2,1-2H3,(H,23,25)(H,24,26). The highest BCUT2D eigenvalue weighted by Gasteiger charge is 2.11. The van der Waals surface area contributed by atoms with Crippen molar-refractivity contribution < 1.29 is 19.1 Å². The number of nitrogens with one attached hydrogen (secondary N) is 2. The summed E-state index contributed by atoms with van der Waals surface area (Å²) in [6.45, 7) is 3.30. The molecule has 0 heterocycles. The van der Waals surface area contributed by atoms with E-state index in [1.807, 2.05) is 31.2 Å². The molecule has 0 unspecified atom stereocenters. The number of hydrogen-bond acceptors (Lipinski definition) is 4. The molecule has 0 spiro atoms. The van der Waals surface area contributed by atoms with Crippen LogP contribution < -0.4 is 10.6 Å². The average molecular weight is 403 g/mol. The molecule has 2 amide bonds. The van der Waals surface area contributed by atoms with E-state index in [4.69, 9.17) is 16.3 Å². The lowest BCUT2D eigenvalue weighted by atomic mass is 10.2. The van der Waals surface area contributed by atoms with E-state index in [1.54, 1.807) is 25.1 Å². The summed E-state index contributed by atoms with van der Waals surface area (Å²) in [6, 6.07) is 12.6. The van der Waals surface area contributed by atoms with Crippen molar-refractivity contribution in [2.75, 3.05) is 17.2 Å². The van der Waals surface area contributed by atoms with Crippen molar-refractivity contribution in [3.8, 4) is 0 Å². The maximum absolute atomic E-state index is 11.9. The van der Waals surface area contributed by atoms with E-state index in [-0.39, 0.29) is 25.4 Å². The molecule has 2 rings (SSSR count). The molecule has 2 aromatic rings. The first-order valence-electron chi connectivity index (χ1n) is 8.93. The minimum atomic E-state index is -0.526. The highest BCUT2D eigenvalue weighted by atomic mass is 35.5. The number of benzene rings is 2. The molecule has 0 saturated heterocycles. The highest BCUT2D eigenvalue weighted by molar-refractivity contribution is 6.31. The first-order chi connectivity index (χ1) is 13.4. The zero-order chi connectivity index (χ0) is 20.5. The first-order valence-corrected chi connectivity index (χ1v) is 9.30. The number of rotatable bonds is 8. The minimum Gasteiger partial charge on any atom is -0.456 e. The lowest BCUT2D eigenvalue weighted by Gasteiger charge is -2.10. The van der Waals surface area contributed by atoms with Crippen molar-refractivity contribution in [3.05, 3.63) is 58.6 Å². The van der Waals surface area contributed by atoms with Crippen LogP contribution >= 0.6 is 11.6 Å². The van der Waals surface area contributed by atoms with Crippen LogP contribution in [-0.2, 0) is 19.1 Å². The Kier molecular flexibility index (Phi) is 8.02. The predicted molar refractivity (Wildman–Crippen MR) is 109 cm³/mol. The van der Waals surface area contributed by atoms with Crippen LogP contribution in [0.3, 0.4) is 0 Å². The van der Waals surface area contributed by atoms with Crippen LogP contribution in [-0.4, -0.2) is 24.4 Å². The Labute approximate surface area is 169 Å². The van der Waals surface area contributed by atoms with Crippen molar-refractivity contribution in [1.29, 1.82) is 0 Å². The summed E-state index contributed by atoms with van der Waals surface area (Å²) in [7, 11) is 0. The molecular formula is C21H23ClN2O4. The third-order valence-electron chi connectivity index (χ3n) is 4.11. The fraction of sp³-hybridized carbons (Fsp3) is 0.286. The Bertz CT molecular complexity index is 867. The van der Waals surface area contributed by atoms with Gasteiger partial charge in [-0.2, -0.15) is 0 Å². The van der Waals surface area contributed by atoms with Crippen LogP contribution in [0.1, 0.15) is 30.4 Å². The number of carbonyl (C=O) groups excluding carboxylic acids is 3. The highest BCUT2D eigenvalue weighted by Crippen LogP contribution is 2.22. The monoisotopic (exact) mass is 402 g/mol. The molecule has 2 aromatic carbocycles. The molecule has 0 saturated carbocycles. The maximum Gasteiger partial charge on any atom is 0.306 e.